The number of hydrogen-bond acceptors (Lipinski definition) is 3. The quantitative estimate of drug-likeness (QED) is 0.793. The minimum absolute atomic E-state index is 0.186. The smallest absolute Gasteiger partial charge is 0.142 e. The lowest BCUT2D eigenvalue weighted by atomic mass is 10.1. The highest BCUT2D eigenvalue weighted by atomic mass is 16.1. The maximum Gasteiger partial charge on any atom is 0.142 e. The molecule has 3 nitrogen and oxygen atoms in total. The van der Waals surface area contributed by atoms with E-state index in [1.807, 2.05) is 47.2 Å². The van der Waals surface area contributed by atoms with Crippen LogP contribution in [0.4, 0.5) is 0 Å². The number of amidine groups is 1. The van der Waals surface area contributed by atoms with Gasteiger partial charge in [-0.2, -0.15) is 0 Å². The summed E-state index contributed by atoms with van der Waals surface area (Å²) >= 11 is 0. The van der Waals surface area contributed by atoms with Crippen molar-refractivity contribution in [2.45, 2.75) is 18.9 Å². The van der Waals surface area contributed by atoms with Crippen molar-refractivity contribution in [3.8, 4) is 0 Å². The van der Waals surface area contributed by atoms with Crippen molar-refractivity contribution in [3.05, 3.63) is 78.0 Å². The van der Waals surface area contributed by atoms with Crippen molar-refractivity contribution in [1.29, 1.82) is 0 Å². The van der Waals surface area contributed by atoms with Crippen LogP contribution in [-0.2, 0) is 17.6 Å². The van der Waals surface area contributed by atoms with E-state index < -0.39 is 0 Å². The van der Waals surface area contributed by atoms with Gasteiger partial charge in [0.2, 0.25) is 0 Å². The van der Waals surface area contributed by atoms with Gasteiger partial charge in [-0.1, -0.05) is 60.7 Å². The van der Waals surface area contributed by atoms with Crippen molar-refractivity contribution >= 4 is 11.8 Å². The van der Waals surface area contributed by atoms with Gasteiger partial charge in [-0.15, -0.1) is 0 Å². The Kier molecular flexibility index (Phi) is 4.47. The molecule has 0 aromatic heterocycles. The third-order valence-corrected chi connectivity index (χ3v) is 3.80. The second-order valence-corrected chi connectivity index (χ2v) is 5.45. The van der Waals surface area contributed by atoms with Gasteiger partial charge >= 0.3 is 0 Å². The van der Waals surface area contributed by atoms with Crippen molar-refractivity contribution < 1.29 is 4.79 Å². The first kappa shape index (κ1) is 14.3. The van der Waals surface area contributed by atoms with E-state index in [1.54, 1.807) is 0 Å². The largest absolute Gasteiger partial charge is 0.325 e. The number of aliphatic imine (C=N–C) groups is 1. The van der Waals surface area contributed by atoms with Crippen LogP contribution in [0.5, 0.6) is 0 Å². The number of carbonyl (C=O) groups excluding carboxylic acids is 1. The van der Waals surface area contributed by atoms with E-state index in [9.17, 15) is 4.79 Å². The number of nitrogens with zero attached hydrogens (tertiary/aromatic N) is 2. The van der Waals surface area contributed by atoms with Gasteiger partial charge in [0.25, 0.3) is 0 Å². The van der Waals surface area contributed by atoms with Gasteiger partial charge in [0.1, 0.15) is 11.8 Å². The molecule has 0 spiro atoms. The molecule has 1 atom stereocenters. The molecule has 3 rings (SSSR count). The van der Waals surface area contributed by atoms with Crippen molar-refractivity contribution in [3.63, 3.8) is 0 Å². The molecule has 2 aromatic carbocycles. The molecular formula is C19H18N2O. The molecule has 0 aliphatic carbocycles. The number of rotatable bonds is 5. The zero-order valence-electron chi connectivity index (χ0n) is 12.4. The highest BCUT2D eigenvalue weighted by molar-refractivity contribution is 5.88. The van der Waals surface area contributed by atoms with Gasteiger partial charge in [-0.25, -0.2) is 4.79 Å². The average molecular weight is 290 g/mol. The van der Waals surface area contributed by atoms with Crippen LogP contribution in [0, 0.1) is 0 Å². The second-order valence-electron chi connectivity index (χ2n) is 5.45. The van der Waals surface area contributed by atoms with E-state index in [4.69, 9.17) is 4.99 Å². The molecule has 22 heavy (non-hydrogen) atoms. The summed E-state index contributed by atoms with van der Waals surface area (Å²) < 4.78 is 0. The van der Waals surface area contributed by atoms with E-state index in [0.717, 1.165) is 25.2 Å². The monoisotopic (exact) mass is 290 g/mol. The minimum atomic E-state index is 0.186. The van der Waals surface area contributed by atoms with Crippen LogP contribution in [0.15, 0.2) is 71.9 Å². The minimum Gasteiger partial charge on any atom is -0.325 e. The third kappa shape index (κ3) is 3.51. The van der Waals surface area contributed by atoms with E-state index in [0.29, 0.717) is 0 Å². The van der Waals surface area contributed by atoms with Crippen LogP contribution < -0.4 is 0 Å². The van der Waals surface area contributed by atoms with E-state index in [1.165, 1.54) is 17.3 Å². The lowest BCUT2D eigenvalue weighted by Crippen LogP contribution is -2.26. The fourth-order valence-electron chi connectivity index (χ4n) is 2.77. The molecule has 3 heteroatoms. The van der Waals surface area contributed by atoms with Gasteiger partial charge in [0.05, 0.1) is 12.2 Å². The maximum atomic E-state index is 10.7. The second kappa shape index (κ2) is 6.88. The first-order valence-corrected chi connectivity index (χ1v) is 7.47. The summed E-state index contributed by atoms with van der Waals surface area (Å²) in [6.45, 7) is 0.742. The van der Waals surface area contributed by atoms with E-state index >= 15 is 0 Å². The SMILES string of the molecule is O=C=CN1CC(Cc2ccccc2)N=C1Cc1ccccc1. The molecule has 1 aliphatic rings. The summed E-state index contributed by atoms with van der Waals surface area (Å²) in [6, 6.07) is 20.7. The highest BCUT2D eigenvalue weighted by Gasteiger charge is 2.24. The molecule has 1 aliphatic heterocycles. The summed E-state index contributed by atoms with van der Waals surface area (Å²) in [4.78, 5) is 17.5. The standard InChI is InChI=1S/C19H18N2O/c22-12-11-21-15-18(13-16-7-3-1-4-8-16)20-19(21)14-17-9-5-2-6-10-17/h1-11,18H,13-15H2. The van der Waals surface area contributed by atoms with Crippen LogP contribution in [0.25, 0.3) is 0 Å². The van der Waals surface area contributed by atoms with Crippen LogP contribution in [-0.4, -0.2) is 29.3 Å². The van der Waals surface area contributed by atoms with Crippen LogP contribution in [0.3, 0.4) is 0 Å². The Labute approximate surface area is 130 Å². The molecule has 0 saturated carbocycles. The first-order chi connectivity index (χ1) is 10.8. The molecule has 1 heterocycles. The molecule has 0 fully saturated rings. The molecule has 0 amide bonds. The average Bonchev–Trinajstić information content (AvgIpc) is 2.91. The predicted octanol–water partition coefficient (Wildman–Crippen LogP) is 2.90. The molecule has 0 N–H and O–H groups in total. The van der Waals surface area contributed by atoms with E-state index in [-0.39, 0.29) is 6.04 Å². The molecule has 0 bridgehead atoms. The highest BCUT2D eigenvalue weighted by Crippen LogP contribution is 2.17. The molecule has 1 unspecified atom stereocenters. The zero-order chi connectivity index (χ0) is 15.2. The molecule has 0 radical (unpaired) electrons. The predicted molar refractivity (Wildman–Crippen MR) is 88.5 cm³/mol. The Bertz CT molecular complexity index is 688. The maximum absolute atomic E-state index is 10.7. The third-order valence-electron chi connectivity index (χ3n) is 3.80. The summed E-state index contributed by atoms with van der Waals surface area (Å²) in [7, 11) is 0. The molecular weight excluding hydrogens is 272 g/mol. The molecule has 2 aromatic rings. The summed E-state index contributed by atoms with van der Waals surface area (Å²) in [5.74, 6) is 2.82. The van der Waals surface area contributed by atoms with Gasteiger partial charge < -0.3 is 4.90 Å². The molecule has 110 valence electrons. The van der Waals surface area contributed by atoms with Gasteiger partial charge in [0, 0.05) is 13.0 Å². The van der Waals surface area contributed by atoms with E-state index in [2.05, 4.69) is 24.3 Å². The van der Waals surface area contributed by atoms with Crippen molar-refractivity contribution in [2.75, 3.05) is 6.54 Å². The fourth-order valence-corrected chi connectivity index (χ4v) is 2.77. The summed E-state index contributed by atoms with van der Waals surface area (Å²) in [5.41, 5.74) is 2.47. The van der Waals surface area contributed by atoms with Gasteiger partial charge in [-0.3, -0.25) is 4.99 Å². The summed E-state index contributed by atoms with van der Waals surface area (Å²) in [5, 5.41) is 0. The summed E-state index contributed by atoms with van der Waals surface area (Å²) in [6.07, 6.45) is 3.10. The Morgan fingerprint density at radius 3 is 2.32 bits per heavy atom. The van der Waals surface area contributed by atoms with Crippen LogP contribution in [0.2, 0.25) is 0 Å². The zero-order valence-corrected chi connectivity index (χ0v) is 12.4. The lowest BCUT2D eigenvalue weighted by Gasteiger charge is -2.14. The fraction of sp³-hybridized carbons (Fsp3) is 0.211. The molecule has 0 saturated heterocycles. The Morgan fingerprint density at radius 1 is 1.05 bits per heavy atom. The number of hydrogen-bond donors (Lipinski definition) is 0. The Hall–Kier alpha value is -2.64. The van der Waals surface area contributed by atoms with Crippen LogP contribution in [0.1, 0.15) is 11.1 Å². The Balaban J connectivity index is 1.75. The Morgan fingerprint density at radius 2 is 1.68 bits per heavy atom. The normalized spacial score (nSPS) is 17.0. The van der Waals surface area contributed by atoms with Crippen molar-refractivity contribution in [2.24, 2.45) is 4.99 Å². The van der Waals surface area contributed by atoms with Gasteiger partial charge in [-0.05, 0) is 17.5 Å². The number of benzene rings is 2. The first-order valence-electron chi connectivity index (χ1n) is 7.47. The topological polar surface area (TPSA) is 32.7 Å². The van der Waals surface area contributed by atoms with Crippen molar-refractivity contribution in [1.82, 2.24) is 4.90 Å². The lowest BCUT2D eigenvalue weighted by molar-refractivity contribution is 0.522. The van der Waals surface area contributed by atoms with Gasteiger partial charge in [0.15, 0.2) is 0 Å². The van der Waals surface area contributed by atoms with Crippen LogP contribution >= 0.6 is 0 Å².